The lowest BCUT2D eigenvalue weighted by Crippen LogP contribution is -2.32. The molecular weight excluding hydrogens is 216 g/mol. The summed E-state index contributed by atoms with van der Waals surface area (Å²) in [6.45, 7) is 2.64. The van der Waals surface area contributed by atoms with Gasteiger partial charge in [-0.3, -0.25) is 9.59 Å². The Hall–Kier alpha value is -1.35. The van der Waals surface area contributed by atoms with Gasteiger partial charge in [0.1, 0.15) is 5.75 Å². The van der Waals surface area contributed by atoms with Crippen LogP contribution in [0.2, 0.25) is 5.02 Å². The number of carbonyl (C=O) groups excluding carboxylic acids is 2. The normalized spacial score (nSPS) is 10.1. The SMILES string of the molecule is CC(=O)C(Oc1ccc(Cl)cc1)C(C)=O. The Kier molecular flexibility index (Phi) is 3.86. The van der Waals surface area contributed by atoms with Gasteiger partial charge in [-0.1, -0.05) is 11.6 Å². The van der Waals surface area contributed by atoms with Crippen LogP contribution in [0.15, 0.2) is 24.3 Å². The maximum Gasteiger partial charge on any atom is 0.214 e. The molecule has 0 aliphatic rings. The molecule has 0 spiro atoms. The molecule has 0 N–H and O–H groups in total. The van der Waals surface area contributed by atoms with Crippen LogP contribution in [0.1, 0.15) is 13.8 Å². The highest BCUT2D eigenvalue weighted by Crippen LogP contribution is 2.17. The van der Waals surface area contributed by atoms with Crippen molar-refractivity contribution >= 4 is 23.2 Å². The molecule has 0 heterocycles. The van der Waals surface area contributed by atoms with Gasteiger partial charge in [-0.2, -0.15) is 0 Å². The van der Waals surface area contributed by atoms with Crippen LogP contribution in [0.25, 0.3) is 0 Å². The van der Waals surface area contributed by atoms with Gasteiger partial charge in [-0.05, 0) is 38.1 Å². The van der Waals surface area contributed by atoms with Crippen molar-refractivity contribution in [3.8, 4) is 5.75 Å². The molecule has 3 nitrogen and oxygen atoms in total. The van der Waals surface area contributed by atoms with E-state index in [2.05, 4.69) is 0 Å². The van der Waals surface area contributed by atoms with E-state index in [0.717, 1.165) is 0 Å². The van der Waals surface area contributed by atoms with E-state index in [-0.39, 0.29) is 11.6 Å². The molecule has 0 atom stereocenters. The van der Waals surface area contributed by atoms with Gasteiger partial charge in [-0.25, -0.2) is 0 Å². The van der Waals surface area contributed by atoms with Gasteiger partial charge in [0.2, 0.25) is 6.10 Å². The van der Waals surface area contributed by atoms with E-state index in [1.165, 1.54) is 13.8 Å². The molecule has 0 aromatic heterocycles. The number of halogens is 1. The minimum Gasteiger partial charge on any atom is -0.475 e. The minimum absolute atomic E-state index is 0.308. The summed E-state index contributed by atoms with van der Waals surface area (Å²) in [4.78, 5) is 22.2. The molecule has 4 heteroatoms. The molecule has 0 aliphatic heterocycles. The molecule has 1 rings (SSSR count). The van der Waals surface area contributed by atoms with Gasteiger partial charge >= 0.3 is 0 Å². The second-order valence-corrected chi connectivity index (χ2v) is 3.61. The minimum atomic E-state index is -1.02. The first-order chi connectivity index (χ1) is 7.00. The quantitative estimate of drug-likeness (QED) is 0.740. The number of ketones is 2. The van der Waals surface area contributed by atoms with Crippen molar-refractivity contribution in [2.45, 2.75) is 20.0 Å². The number of hydrogen-bond donors (Lipinski definition) is 0. The highest BCUT2D eigenvalue weighted by Gasteiger charge is 2.20. The predicted octanol–water partition coefficient (Wildman–Crippen LogP) is 2.27. The van der Waals surface area contributed by atoms with Crippen molar-refractivity contribution in [1.29, 1.82) is 0 Å². The summed E-state index contributed by atoms with van der Waals surface area (Å²) in [7, 11) is 0. The van der Waals surface area contributed by atoms with Crippen molar-refractivity contribution in [3.05, 3.63) is 29.3 Å². The fourth-order valence-corrected chi connectivity index (χ4v) is 1.23. The largest absolute Gasteiger partial charge is 0.475 e. The van der Waals surface area contributed by atoms with Gasteiger partial charge in [-0.15, -0.1) is 0 Å². The molecular formula is C11H11ClO3. The average Bonchev–Trinajstić information content (AvgIpc) is 2.15. The van der Waals surface area contributed by atoms with Crippen LogP contribution in [0.3, 0.4) is 0 Å². The monoisotopic (exact) mass is 226 g/mol. The number of hydrogen-bond acceptors (Lipinski definition) is 3. The average molecular weight is 227 g/mol. The summed E-state index contributed by atoms with van der Waals surface area (Å²) >= 11 is 5.68. The van der Waals surface area contributed by atoms with E-state index >= 15 is 0 Å². The van der Waals surface area contributed by atoms with Crippen molar-refractivity contribution < 1.29 is 14.3 Å². The zero-order valence-electron chi connectivity index (χ0n) is 8.49. The molecule has 0 amide bonds. The van der Waals surface area contributed by atoms with E-state index < -0.39 is 6.10 Å². The number of rotatable bonds is 4. The summed E-state index contributed by atoms with van der Waals surface area (Å²) < 4.78 is 5.23. The van der Waals surface area contributed by atoms with Gasteiger partial charge < -0.3 is 4.74 Å². The number of Topliss-reactive ketones (excluding diaryl/α,β-unsaturated/α-hetero) is 2. The molecule has 15 heavy (non-hydrogen) atoms. The van der Waals surface area contributed by atoms with E-state index in [4.69, 9.17) is 16.3 Å². The number of carbonyl (C=O) groups is 2. The van der Waals surface area contributed by atoms with Gasteiger partial charge in [0, 0.05) is 5.02 Å². The Labute approximate surface area is 93.0 Å². The van der Waals surface area contributed by atoms with E-state index in [9.17, 15) is 9.59 Å². The summed E-state index contributed by atoms with van der Waals surface area (Å²) in [5.41, 5.74) is 0. The topological polar surface area (TPSA) is 43.4 Å². The van der Waals surface area contributed by atoms with Crippen LogP contribution in [0, 0.1) is 0 Å². The molecule has 0 fully saturated rings. The van der Waals surface area contributed by atoms with E-state index in [0.29, 0.717) is 10.8 Å². The van der Waals surface area contributed by atoms with Crippen LogP contribution in [0.4, 0.5) is 0 Å². The van der Waals surface area contributed by atoms with Crippen molar-refractivity contribution in [3.63, 3.8) is 0 Å². The Morgan fingerprint density at radius 2 is 1.60 bits per heavy atom. The number of benzene rings is 1. The molecule has 0 bridgehead atoms. The van der Waals surface area contributed by atoms with E-state index in [1.54, 1.807) is 24.3 Å². The van der Waals surface area contributed by atoms with Crippen LogP contribution in [-0.2, 0) is 9.59 Å². The second-order valence-electron chi connectivity index (χ2n) is 3.17. The summed E-state index contributed by atoms with van der Waals surface area (Å²) in [6.07, 6.45) is -1.02. The first kappa shape index (κ1) is 11.7. The Morgan fingerprint density at radius 3 is 2.00 bits per heavy atom. The summed E-state index contributed by atoms with van der Waals surface area (Å²) in [5.74, 6) is -0.162. The van der Waals surface area contributed by atoms with Gasteiger partial charge in [0.25, 0.3) is 0 Å². The van der Waals surface area contributed by atoms with Crippen molar-refractivity contribution in [2.24, 2.45) is 0 Å². The van der Waals surface area contributed by atoms with Crippen LogP contribution >= 0.6 is 11.6 Å². The summed E-state index contributed by atoms with van der Waals surface area (Å²) in [6, 6.07) is 6.49. The molecule has 0 radical (unpaired) electrons. The predicted molar refractivity (Wildman–Crippen MR) is 57.2 cm³/mol. The molecule has 0 saturated carbocycles. The van der Waals surface area contributed by atoms with Crippen LogP contribution in [0.5, 0.6) is 5.75 Å². The molecule has 0 saturated heterocycles. The highest BCUT2D eigenvalue weighted by molar-refractivity contribution is 6.30. The highest BCUT2D eigenvalue weighted by atomic mass is 35.5. The van der Waals surface area contributed by atoms with Gasteiger partial charge in [0.05, 0.1) is 0 Å². The van der Waals surface area contributed by atoms with Crippen LogP contribution < -0.4 is 4.74 Å². The second kappa shape index (κ2) is 4.94. The molecule has 1 aromatic rings. The smallest absolute Gasteiger partial charge is 0.214 e. The lowest BCUT2D eigenvalue weighted by molar-refractivity contribution is -0.134. The first-order valence-electron chi connectivity index (χ1n) is 4.44. The third-order valence-corrected chi connectivity index (χ3v) is 2.06. The lowest BCUT2D eigenvalue weighted by Gasteiger charge is -2.13. The Morgan fingerprint density at radius 1 is 1.13 bits per heavy atom. The Balaban J connectivity index is 2.79. The third kappa shape index (κ3) is 3.36. The van der Waals surface area contributed by atoms with E-state index in [1.807, 2.05) is 0 Å². The van der Waals surface area contributed by atoms with Crippen molar-refractivity contribution in [2.75, 3.05) is 0 Å². The molecule has 80 valence electrons. The fourth-order valence-electron chi connectivity index (χ4n) is 1.10. The molecule has 1 aromatic carbocycles. The molecule has 0 unspecified atom stereocenters. The lowest BCUT2D eigenvalue weighted by atomic mass is 10.2. The van der Waals surface area contributed by atoms with Gasteiger partial charge in [0.15, 0.2) is 11.6 Å². The maximum atomic E-state index is 11.1. The first-order valence-corrected chi connectivity index (χ1v) is 4.81. The van der Waals surface area contributed by atoms with Crippen LogP contribution in [-0.4, -0.2) is 17.7 Å². The number of ether oxygens (including phenoxy) is 1. The third-order valence-electron chi connectivity index (χ3n) is 1.81. The maximum absolute atomic E-state index is 11.1. The summed E-state index contributed by atoms with van der Waals surface area (Å²) in [5, 5.41) is 0.574. The Bertz CT molecular complexity index is 356. The molecule has 0 aliphatic carbocycles. The zero-order valence-corrected chi connectivity index (χ0v) is 9.25. The fraction of sp³-hybridized carbons (Fsp3) is 0.273. The zero-order chi connectivity index (χ0) is 11.4. The standard InChI is InChI=1S/C11H11ClO3/c1-7(13)11(8(2)14)15-10-5-3-9(12)4-6-10/h3-6,11H,1-2H3. The van der Waals surface area contributed by atoms with Crippen molar-refractivity contribution in [1.82, 2.24) is 0 Å².